The van der Waals surface area contributed by atoms with Crippen molar-refractivity contribution < 1.29 is 4.52 Å². The fraction of sp³-hybridized carbons (Fsp3) is 0.158. The third-order valence-electron chi connectivity index (χ3n) is 3.96. The summed E-state index contributed by atoms with van der Waals surface area (Å²) in [6.45, 7) is 1.96. The second-order valence-electron chi connectivity index (χ2n) is 5.78. The van der Waals surface area contributed by atoms with E-state index in [2.05, 4.69) is 15.1 Å². The molecule has 0 saturated carbocycles. The molecule has 4 rings (SSSR count). The SMILES string of the molecule is CCc1noc(CSc2nc3ccccc3c(=O)n2-c2cccc(Cl)c2)n1. The number of benzene rings is 2. The van der Waals surface area contributed by atoms with Gasteiger partial charge in [-0.05, 0) is 30.3 Å². The first kappa shape index (κ1) is 17.8. The summed E-state index contributed by atoms with van der Waals surface area (Å²) in [5.74, 6) is 1.57. The summed E-state index contributed by atoms with van der Waals surface area (Å²) >= 11 is 7.50. The maximum Gasteiger partial charge on any atom is 0.266 e. The van der Waals surface area contributed by atoms with E-state index < -0.39 is 0 Å². The van der Waals surface area contributed by atoms with Gasteiger partial charge in [-0.3, -0.25) is 9.36 Å². The molecule has 0 amide bonds. The Morgan fingerprint density at radius 1 is 1.15 bits per heavy atom. The molecule has 0 saturated heterocycles. The molecule has 0 spiro atoms. The number of halogens is 1. The van der Waals surface area contributed by atoms with Crippen LogP contribution in [0.15, 0.2) is 63.0 Å². The molecule has 2 aromatic carbocycles. The van der Waals surface area contributed by atoms with Crippen LogP contribution >= 0.6 is 23.4 Å². The van der Waals surface area contributed by atoms with Crippen LogP contribution < -0.4 is 5.56 Å². The van der Waals surface area contributed by atoms with Gasteiger partial charge in [-0.2, -0.15) is 4.98 Å². The number of hydrogen-bond donors (Lipinski definition) is 0. The molecule has 27 heavy (non-hydrogen) atoms. The normalized spacial score (nSPS) is 11.2. The van der Waals surface area contributed by atoms with E-state index in [-0.39, 0.29) is 5.56 Å². The first-order chi connectivity index (χ1) is 13.2. The van der Waals surface area contributed by atoms with Crippen molar-refractivity contribution in [1.29, 1.82) is 0 Å². The predicted octanol–water partition coefficient (Wildman–Crippen LogP) is 4.28. The molecule has 0 radical (unpaired) electrons. The first-order valence-electron chi connectivity index (χ1n) is 8.37. The maximum absolute atomic E-state index is 13.1. The summed E-state index contributed by atoms with van der Waals surface area (Å²) in [6, 6.07) is 14.4. The van der Waals surface area contributed by atoms with Gasteiger partial charge in [0.1, 0.15) is 0 Å². The average molecular weight is 399 g/mol. The quantitative estimate of drug-likeness (QED) is 0.369. The van der Waals surface area contributed by atoms with Crippen LogP contribution in [0, 0.1) is 0 Å². The van der Waals surface area contributed by atoms with Crippen molar-refractivity contribution >= 4 is 34.3 Å². The monoisotopic (exact) mass is 398 g/mol. The molecule has 2 aromatic heterocycles. The predicted molar refractivity (Wildman–Crippen MR) is 106 cm³/mol. The Hall–Kier alpha value is -2.64. The molecule has 0 atom stereocenters. The number of hydrogen-bond acceptors (Lipinski definition) is 6. The first-order valence-corrected chi connectivity index (χ1v) is 9.74. The molecule has 0 aliphatic heterocycles. The Kier molecular flexibility index (Phi) is 4.96. The molecule has 136 valence electrons. The van der Waals surface area contributed by atoms with Crippen molar-refractivity contribution in [3.8, 4) is 5.69 Å². The van der Waals surface area contributed by atoms with Gasteiger partial charge in [0.05, 0.1) is 22.3 Å². The highest BCUT2D eigenvalue weighted by atomic mass is 35.5. The highest BCUT2D eigenvalue weighted by Crippen LogP contribution is 2.25. The lowest BCUT2D eigenvalue weighted by Crippen LogP contribution is -2.21. The zero-order valence-corrected chi connectivity index (χ0v) is 16.0. The fourth-order valence-corrected chi connectivity index (χ4v) is 3.71. The minimum atomic E-state index is -0.148. The van der Waals surface area contributed by atoms with Crippen LogP contribution in [0.25, 0.3) is 16.6 Å². The van der Waals surface area contributed by atoms with Crippen molar-refractivity contribution in [3.05, 3.63) is 75.6 Å². The number of aryl methyl sites for hydroxylation is 1. The minimum absolute atomic E-state index is 0.148. The van der Waals surface area contributed by atoms with E-state index in [0.29, 0.717) is 50.7 Å². The Labute approximate surface area is 164 Å². The molecule has 0 bridgehead atoms. The molecule has 8 heteroatoms. The van der Waals surface area contributed by atoms with Crippen LogP contribution in [0.5, 0.6) is 0 Å². The maximum atomic E-state index is 13.1. The van der Waals surface area contributed by atoms with E-state index in [4.69, 9.17) is 16.1 Å². The van der Waals surface area contributed by atoms with Crippen LogP contribution in [0.4, 0.5) is 0 Å². The second kappa shape index (κ2) is 7.54. The lowest BCUT2D eigenvalue weighted by molar-refractivity contribution is 0.385. The smallest absolute Gasteiger partial charge is 0.266 e. The number of para-hydroxylation sites is 1. The molecule has 0 unspecified atom stereocenters. The van der Waals surface area contributed by atoms with Crippen molar-refractivity contribution in [3.63, 3.8) is 0 Å². The van der Waals surface area contributed by atoms with Crippen LogP contribution in [0.1, 0.15) is 18.6 Å². The number of thioether (sulfide) groups is 1. The van der Waals surface area contributed by atoms with Crippen LogP contribution in [0.3, 0.4) is 0 Å². The largest absolute Gasteiger partial charge is 0.338 e. The average Bonchev–Trinajstić information content (AvgIpc) is 3.14. The molecule has 0 aliphatic rings. The molecular formula is C19H15ClN4O2S. The van der Waals surface area contributed by atoms with Gasteiger partial charge in [0.15, 0.2) is 11.0 Å². The molecule has 0 fully saturated rings. The van der Waals surface area contributed by atoms with Gasteiger partial charge in [0.2, 0.25) is 5.89 Å². The summed E-state index contributed by atoms with van der Waals surface area (Å²) in [6.07, 6.45) is 0.704. The highest BCUT2D eigenvalue weighted by molar-refractivity contribution is 7.98. The summed E-state index contributed by atoms with van der Waals surface area (Å²) in [4.78, 5) is 22.1. The number of fused-ring (bicyclic) bond motifs is 1. The van der Waals surface area contributed by atoms with Crippen LogP contribution in [-0.4, -0.2) is 19.7 Å². The lowest BCUT2D eigenvalue weighted by Gasteiger charge is -2.12. The minimum Gasteiger partial charge on any atom is -0.338 e. The highest BCUT2D eigenvalue weighted by Gasteiger charge is 2.15. The molecule has 6 nitrogen and oxygen atoms in total. The Morgan fingerprint density at radius 2 is 2.00 bits per heavy atom. The van der Waals surface area contributed by atoms with Crippen LogP contribution in [-0.2, 0) is 12.2 Å². The number of nitrogens with zero attached hydrogens (tertiary/aromatic N) is 4. The van der Waals surface area contributed by atoms with E-state index >= 15 is 0 Å². The molecule has 0 aliphatic carbocycles. The van der Waals surface area contributed by atoms with Crippen molar-refractivity contribution in [1.82, 2.24) is 19.7 Å². The van der Waals surface area contributed by atoms with Crippen molar-refractivity contribution in [2.45, 2.75) is 24.3 Å². The summed E-state index contributed by atoms with van der Waals surface area (Å²) in [5, 5.41) is 5.54. The molecule has 0 N–H and O–H groups in total. The van der Waals surface area contributed by atoms with E-state index in [1.54, 1.807) is 28.8 Å². The zero-order valence-electron chi connectivity index (χ0n) is 14.4. The number of rotatable bonds is 5. The Morgan fingerprint density at radius 3 is 2.78 bits per heavy atom. The van der Waals surface area contributed by atoms with Gasteiger partial charge in [-0.25, -0.2) is 4.98 Å². The topological polar surface area (TPSA) is 73.8 Å². The summed E-state index contributed by atoms with van der Waals surface area (Å²) < 4.78 is 6.81. The van der Waals surface area contributed by atoms with Gasteiger partial charge in [-0.1, -0.05) is 53.6 Å². The molecule has 4 aromatic rings. The van der Waals surface area contributed by atoms with Crippen molar-refractivity contribution in [2.75, 3.05) is 0 Å². The van der Waals surface area contributed by atoms with Crippen molar-refractivity contribution in [2.24, 2.45) is 0 Å². The second-order valence-corrected chi connectivity index (χ2v) is 7.16. The van der Waals surface area contributed by atoms with Gasteiger partial charge >= 0.3 is 0 Å². The Bertz CT molecular complexity index is 1170. The van der Waals surface area contributed by atoms with E-state index in [1.165, 1.54) is 11.8 Å². The van der Waals surface area contributed by atoms with Gasteiger partial charge in [0.25, 0.3) is 5.56 Å². The summed E-state index contributed by atoms with van der Waals surface area (Å²) in [7, 11) is 0. The lowest BCUT2D eigenvalue weighted by atomic mass is 10.2. The zero-order chi connectivity index (χ0) is 18.8. The fourth-order valence-electron chi connectivity index (χ4n) is 2.67. The molecular weight excluding hydrogens is 384 g/mol. The van der Waals surface area contributed by atoms with Gasteiger partial charge < -0.3 is 4.52 Å². The van der Waals surface area contributed by atoms with Gasteiger partial charge in [0, 0.05) is 11.4 Å². The van der Waals surface area contributed by atoms with Gasteiger partial charge in [-0.15, -0.1) is 0 Å². The van der Waals surface area contributed by atoms with E-state index in [1.807, 2.05) is 31.2 Å². The standard InChI is InChI=1S/C19H15ClN4O2S/c1-2-16-22-17(26-23-16)11-27-19-21-15-9-4-3-8-14(15)18(25)24(19)13-7-5-6-12(20)10-13/h3-10H,2,11H2,1H3. The Balaban J connectivity index is 1.82. The van der Waals surface area contributed by atoms with E-state index in [0.717, 1.165) is 0 Å². The third kappa shape index (κ3) is 3.61. The summed E-state index contributed by atoms with van der Waals surface area (Å²) in [5.41, 5.74) is 1.15. The number of aromatic nitrogens is 4. The third-order valence-corrected chi connectivity index (χ3v) is 5.12. The molecule has 2 heterocycles. The van der Waals surface area contributed by atoms with E-state index in [9.17, 15) is 4.79 Å². The van der Waals surface area contributed by atoms with Crippen LogP contribution in [0.2, 0.25) is 5.02 Å².